The van der Waals surface area contributed by atoms with Gasteiger partial charge in [0.25, 0.3) is 11.8 Å². The van der Waals surface area contributed by atoms with Crippen molar-refractivity contribution in [1.82, 2.24) is 25.7 Å². The lowest BCUT2D eigenvalue weighted by atomic mass is 10.0. The Hall–Kier alpha value is -2.49. The summed E-state index contributed by atoms with van der Waals surface area (Å²) in [6, 6.07) is -0.583. The van der Waals surface area contributed by atoms with Crippen molar-refractivity contribution >= 4 is 17.8 Å². The van der Waals surface area contributed by atoms with E-state index >= 15 is 0 Å². The Morgan fingerprint density at radius 3 is 2.88 bits per heavy atom. The molecule has 10 heteroatoms. The predicted molar refractivity (Wildman–Crippen MR) is 78.4 cm³/mol. The minimum atomic E-state index is -1.06. The fourth-order valence-electron chi connectivity index (χ4n) is 2.58. The van der Waals surface area contributed by atoms with Crippen LogP contribution in [0.1, 0.15) is 44.5 Å². The number of nitrogens with one attached hydrogen (secondary N) is 2. The number of rotatable bonds is 5. The van der Waals surface area contributed by atoms with Crippen LogP contribution in [0.2, 0.25) is 0 Å². The third kappa shape index (κ3) is 3.09. The SMILES string of the molecule is CC1(C)C(=O)NC(=O)N1CC(=O)NCc1noc([C@H]2CCCO2)n1. The van der Waals surface area contributed by atoms with Gasteiger partial charge in [-0.2, -0.15) is 4.98 Å². The van der Waals surface area contributed by atoms with E-state index in [1.807, 2.05) is 0 Å². The quantitative estimate of drug-likeness (QED) is 0.716. The van der Waals surface area contributed by atoms with E-state index in [0.717, 1.165) is 12.8 Å². The van der Waals surface area contributed by atoms with Crippen LogP contribution in [0.5, 0.6) is 0 Å². The first kappa shape index (κ1) is 16.4. The number of urea groups is 1. The van der Waals surface area contributed by atoms with Crippen LogP contribution in [-0.4, -0.2) is 51.6 Å². The summed E-state index contributed by atoms with van der Waals surface area (Å²) in [6.45, 7) is 3.66. The minimum Gasteiger partial charge on any atom is -0.368 e. The van der Waals surface area contributed by atoms with Crippen LogP contribution in [0, 0.1) is 0 Å². The normalized spacial score (nSPS) is 22.8. The van der Waals surface area contributed by atoms with Gasteiger partial charge in [-0.25, -0.2) is 4.79 Å². The maximum Gasteiger partial charge on any atom is 0.325 e. The number of aromatic nitrogens is 2. The van der Waals surface area contributed by atoms with Crippen molar-refractivity contribution in [1.29, 1.82) is 0 Å². The molecule has 0 spiro atoms. The van der Waals surface area contributed by atoms with Gasteiger partial charge in [0.15, 0.2) is 5.82 Å². The number of ether oxygens (including phenoxy) is 1. The molecule has 24 heavy (non-hydrogen) atoms. The van der Waals surface area contributed by atoms with Crippen molar-refractivity contribution in [2.45, 2.75) is 44.9 Å². The van der Waals surface area contributed by atoms with Crippen LogP contribution in [0.15, 0.2) is 4.52 Å². The monoisotopic (exact) mass is 337 g/mol. The summed E-state index contributed by atoms with van der Waals surface area (Å²) < 4.78 is 10.6. The molecule has 2 saturated heterocycles. The molecule has 0 unspecified atom stereocenters. The Labute approximate surface area is 137 Å². The van der Waals surface area contributed by atoms with Gasteiger partial charge in [0.2, 0.25) is 5.91 Å². The first-order valence-electron chi connectivity index (χ1n) is 7.72. The van der Waals surface area contributed by atoms with Gasteiger partial charge < -0.3 is 19.5 Å². The fraction of sp³-hybridized carbons (Fsp3) is 0.643. The molecule has 2 aliphatic rings. The van der Waals surface area contributed by atoms with Gasteiger partial charge in [-0.1, -0.05) is 5.16 Å². The zero-order chi connectivity index (χ0) is 17.3. The zero-order valence-corrected chi connectivity index (χ0v) is 13.5. The summed E-state index contributed by atoms with van der Waals surface area (Å²) in [5.74, 6) is -0.117. The van der Waals surface area contributed by atoms with E-state index in [2.05, 4.69) is 20.8 Å². The van der Waals surface area contributed by atoms with E-state index < -0.39 is 23.4 Å². The van der Waals surface area contributed by atoms with E-state index in [4.69, 9.17) is 9.26 Å². The van der Waals surface area contributed by atoms with Gasteiger partial charge in [-0.15, -0.1) is 0 Å². The van der Waals surface area contributed by atoms with Gasteiger partial charge in [0.05, 0.1) is 6.54 Å². The smallest absolute Gasteiger partial charge is 0.325 e. The third-order valence-corrected chi connectivity index (χ3v) is 4.13. The molecule has 1 atom stereocenters. The highest BCUT2D eigenvalue weighted by atomic mass is 16.5. The molecule has 0 aliphatic carbocycles. The molecule has 0 aromatic carbocycles. The Morgan fingerprint density at radius 2 is 2.25 bits per heavy atom. The summed E-state index contributed by atoms with van der Waals surface area (Å²) >= 11 is 0. The van der Waals surface area contributed by atoms with Crippen molar-refractivity contribution in [3.63, 3.8) is 0 Å². The van der Waals surface area contributed by atoms with Crippen LogP contribution in [-0.2, 0) is 20.9 Å². The van der Waals surface area contributed by atoms with Crippen molar-refractivity contribution < 1.29 is 23.6 Å². The second-order valence-corrected chi connectivity index (χ2v) is 6.23. The lowest BCUT2D eigenvalue weighted by molar-refractivity contribution is -0.127. The molecule has 130 valence electrons. The summed E-state index contributed by atoms with van der Waals surface area (Å²) in [5.41, 5.74) is -1.06. The summed E-state index contributed by atoms with van der Waals surface area (Å²) in [6.07, 6.45) is 1.61. The van der Waals surface area contributed by atoms with Crippen LogP contribution in [0.3, 0.4) is 0 Å². The molecular formula is C14H19N5O5. The number of imide groups is 1. The van der Waals surface area contributed by atoms with E-state index in [1.54, 1.807) is 13.8 Å². The second kappa shape index (κ2) is 6.19. The fourth-order valence-corrected chi connectivity index (χ4v) is 2.58. The number of carbonyl (C=O) groups is 3. The topological polar surface area (TPSA) is 127 Å². The molecule has 3 heterocycles. The van der Waals surface area contributed by atoms with Gasteiger partial charge in [0.1, 0.15) is 18.2 Å². The zero-order valence-electron chi connectivity index (χ0n) is 13.5. The molecule has 1 aromatic rings. The molecule has 1 aromatic heterocycles. The number of carbonyl (C=O) groups excluding carboxylic acids is 3. The number of amides is 4. The largest absolute Gasteiger partial charge is 0.368 e. The van der Waals surface area contributed by atoms with E-state index in [1.165, 1.54) is 4.90 Å². The highest BCUT2D eigenvalue weighted by Gasteiger charge is 2.46. The maximum atomic E-state index is 12.0. The van der Waals surface area contributed by atoms with Crippen LogP contribution >= 0.6 is 0 Å². The first-order valence-corrected chi connectivity index (χ1v) is 7.72. The predicted octanol–water partition coefficient (Wildman–Crippen LogP) is -0.132. The average Bonchev–Trinajstić information content (AvgIpc) is 3.23. The summed E-state index contributed by atoms with van der Waals surface area (Å²) in [7, 11) is 0. The molecule has 0 saturated carbocycles. The van der Waals surface area contributed by atoms with Crippen LogP contribution < -0.4 is 10.6 Å². The van der Waals surface area contributed by atoms with Crippen molar-refractivity contribution in [2.24, 2.45) is 0 Å². The van der Waals surface area contributed by atoms with E-state index in [9.17, 15) is 14.4 Å². The molecule has 2 fully saturated rings. The van der Waals surface area contributed by atoms with Crippen molar-refractivity contribution in [3.05, 3.63) is 11.7 Å². The van der Waals surface area contributed by atoms with E-state index in [0.29, 0.717) is 18.3 Å². The van der Waals surface area contributed by atoms with Gasteiger partial charge in [-0.05, 0) is 26.7 Å². The number of nitrogens with zero attached hydrogens (tertiary/aromatic N) is 3. The molecule has 2 aliphatic heterocycles. The Morgan fingerprint density at radius 1 is 1.46 bits per heavy atom. The highest BCUT2D eigenvalue weighted by Crippen LogP contribution is 2.26. The van der Waals surface area contributed by atoms with Crippen molar-refractivity contribution in [2.75, 3.05) is 13.2 Å². The molecular weight excluding hydrogens is 318 g/mol. The highest BCUT2D eigenvalue weighted by molar-refractivity contribution is 6.07. The molecule has 3 rings (SSSR count). The third-order valence-electron chi connectivity index (χ3n) is 4.13. The molecule has 0 bridgehead atoms. The van der Waals surface area contributed by atoms with Gasteiger partial charge in [0, 0.05) is 6.61 Å². The first-order chi connectivity index (χ1) is 11.4. The lowest BCUT2D eigenvalue weighted by Crippen LogP contribution is -2.48. The Balaban J connectivity index is 1.52. The number of hydrogen-bond acceptors (Lipinski definition) is 7. The lowest BCUT2D eigenvalue weighted by Gasteiger charge is -2.26. The van der Waals surface area contributed by atoms with Crippen LogP contribution in [0.25, 0.3) is 0 Å². The van der Waals surface area contributed by atoms with Crippen LogP contribution in [0.4, 0.5) is 4.79 Å². The standard InChI is InChI=1S/C14H19N5O5/c1-14(2)12(21)17-13(22)19(14)7-10(20)15-6-9-16-11(24-18-9)8-4-3-5-23-8/h8H,3-7H2,1-2H3,(H,15,20)(H,17,21,22)/t8-/m1/s1. The van der Waals surface area contributed by atoms with E-state index in [-0.39, 0.29) is 19.2 Å². The average molecular weight is 337 g/mol. The maximum absolute atomic E-state index is 12.0. The molecule has 0 radical (unpaired) electrons. The molecule has 2 N–H and O–H groups in total. The molecule has 10 nitrogen and oxygen atoms in total. The van der Waals surface area contributed by atoms with Gasteiger partial charge in [-0.3, -0.25) is 14.9 Å². The minimum absolute atomic E-state index is 0.0683. The van der Waals surface area contributed by atoms with Crippen molar-refractivity contribution in [3.8, 4) is 0 Å². The second-order valence-electron chi connectivity index (χ2n) is 6.23. The molecule has 4 amide bonds. The Kier molecular flexibility index (Phi) is 4.22. The number of hydrogen-bond donors (Lipinski definition) is 2. The van der Waals surface area contributed by atoms with Gasteiger partial charge >= 0.3 is 6.03 Å². The Bertz CT molecular complexity index is 664. The summed E-state index contributed by atoms with van der Waals surface area (Å²) in [5, 5.41) is 8.58. The summed E-state index contributed by atoms with van der Waals surface area (Å²) in [4.78, 5) is 40.8.